The molecular formula is C12H10N6OS. The maximum absolute atomic E-state index is 8.95. The van der Waals surface area contributed by atoms with Crippen molar-refractivity contribution in [3.63, 3.8) is 0 Å². The van der Waals surface area contributed by atoms with Crippen LogP contribution in [0, 0.1) is 0 Å². The second kappa shape index (κ2) is 5.76. The lowest BCUT2D eigenvalue weighted by Gasteiger charge is -2.03. The molecule has 20 heavy (non-hydrogen) atoms. The van der Waals surface area contributed by atoms with Gasteiger partial charge in [0.2, 0.25) is 5.16 Å². The second-order valence-corrected chi connectivity index (χ2v) is 4.78. The van der Waals surface area contributed by atoms with Crippen molar-refractivity contribution in [3.8, 4) is 5.69 Å². The molecule has 0 saturated carbocycles. The molecule has 7 nitrogen and oxygen atoms in total. The van der Waals surface area contributed by atoms with Crippen molar-refractivity contribution < 1.29 is 5.11 Å². The lowest BCUT2D eigenvalue weighted by atomic mass is 10.3. The topological polar surface area (TPSA) is 89.6 Å². The summed E-state index contributed by atoms with van der Waals surface area (Å²) in [4.78, 5) is 8.28. The Kier molecular flexibility index (Phi) is 3.66. The van der Waals surface area contributed by atoms with Crippen molar-refractivity contribution in [1.29, 1.82) is 0 Å². The van der Waals surface area contributed by atoms with Gasteiger partial charge in [0.15, 0.2) is 5.16 Å². The number of hydrogen-bond donors (Lipinski definition) is 1. The largest absolute Gasteiger partial charge is 0.392 e. The SMILES string of the molecule is OCc1cnc(Sc2nnnn2-c2ccccc2)nc1. The third-order valence-corrected chi connectivity index (χ3v) is 3.32. The molecule has 3 aromatic rings. The van der Waals surface area contributed by atoms with Crippen LogP contribution in [0.25, 0.3) is 5.69 Å². The van der Waals surface area contributed by atoms with Crippen LogP contribution < -0.4 is 0 Å². The zero-order chi connectivity index (χ0) is 13.8. The summed E-state index contributed by atoms with van der Waals surface area (Å²) in [5.41, 5.74) is 1.53. The standard InChI is InChI=1S/C12H10N6OS/c19-8-9-6-13-11(14-7-9)20-12-15-16-17-18(12)10-4-2-1-3-5-10/h1-7,19H,8H2. The van der Waals surface area contributed by atoms with Crippen LogP contribution in [0.15, 0.2) is 53.0 Å². The minimum absolute atomic E-state index is 0.0767. The summed E-state index contributed by atoms with van der Waals surface area (Å²) >= 11 is 1.26. The van der Waals surface area contributed by atoms with Crippen LogP contribution in [0.4, 0.5) is 0 Å². The van der Waals surface area contributed by atoms with Crippen LogP contribution in [0.1, 0.15) is 5.56 Å². The fourth-order valence-electron chi connectivity index (χ4n) is 1.53. The van der Waals surface area contributed by atoms with E-state index in [9.17, 15) is 0 Å². The first kappa shape index (κ1) is 12.7. The van der Waals surface area contributed by atoms with Gasteiger partial charge in [-0.2, -0.15) is 4.68 Å². The van der Waals surface area contributed by atoms with E-state index < -0.39 is 0 Å². The van der Waals surface area contributed by atoms with E-state index in [2.05, 4.69) is 25.5 Å². The van der Waals surface area contributed by atoms with Crippen molar-refractivity contribution in [3.05, 3.63) is 48.3 Å². The van der Waals surface area contributed by atoms with Gasteiger partial charge in [-0.3, -0.25) is 0 Å². The molecule has 0 spiro atoms. The minimum atomic E-state index is -0.0767. The Labute approximate surface area is 118 Å². The lowest BCUT2D eigenvalue weighted by Crippen LogP contribution is -1.99. The quantitative estimate of drug-likeness (QED) is 0.718. The number of hydrogen-bond acceptors (Lipinski definition) is 7. The van der Waals surface area contributed by atoms with E-state index in [0.29, 0.717) is 15.9 Å². The summed E-state index contributed by atoms with van der Waals surface area (Å²) in [5.74, 6) is 0. The van der Waals surface area contributed by atoms with Crippen molar-refractivity contribution >= 4 is 11.8 Å². The summed E-state index contributed by atoms with van der Waals surface area (Å²) in [6, 6.07) is 9.58. The molecular weight excluding hydrogens is 276 g/mol. The number of rotatable bonds is 4. The molecule has 0 unspecified atom stereocenters. The van der Waals surface area contributed by atoms with Gasteiger partial charge in [-0.25, -0.2) is 9.97 Å². The molecule has 2 heterocycles. The molecule has 0 saturated heterocycles. The van der Waals surface area contributed by atoms with Gasteiger partial charge in [-0.1, -0.05) is 18.2 Å². The average molecular weight is 286 g/mol. The molecule has 0 bridgehead atoms. The Morgan fingerprint density at radius 3 is 2.55 bits per heavy atom. The number of para-hydroxylation sites is 1. The van der Waals surface area contributed by atoms with Gasteiger partial charge in [-0.15, -0.1) is 5.10 Å². The van der Waals surface area contributed by atoms with Gasteiger partial charge in [-0.05, 0) is 34.3 Å². The van der Waals surface area contributed by atoms with Crippen LogP contribution >= 0.6 is 11.8 Å². The molecule has 100 valence electrons. The summed E-state index contributed by atoms with van der Waals surface area (Å²) in [6.07, 6.45) is 3.15. The molecule has 0 aliphatic heterocycles. The van der Waals surface area contributed by atoms with Gasteiger partial charge in [0.25, 0.3) is 0 Å². The van der Waals surface area contributed by atoms with E-state index in [1.807, 2.05) is 30.3 Å². The predicted octanol–water partition coefficient (Wildman–Crippen LogP) is 1.10. The highest BCUT2D eigenvalue weighted by Crippen LogP contribution is 2.23. The normalized spacial score (nSPS) is 10.7. The predicted molar refractivity (Wildman–Crippen MR) is 71.2 cm³/mol. The lowest BCUT2D eigenvalue weighted by molar-refractivity contribution is 0.280. The van der Waals surface area contributed by atoms with Crippen LogP contribution in [-0.4, -0.2) is 35.3 Å². The fourth-order valence-corrected chi connectivity index (χ4v) is 2.21. The summed E-state index contributed by atoms with van der Waals surface area (Å²) in [6.45, 7) is -0.0767. The third-order valence-electron chi connectivity index (χ3n) is 2.49. The summed E-state index contributed by atoms with van der Waals surface area (Å²) < 4.78 is 1.62. The highest BCUT2D eigenvalue weighted by atomic mass is 32.2. The number of tetrazole rings is 1. The van der Waals surface area contributed by atoms with Crippen LogP contribution in [-0.2, 0) is 6.61 Å². The fraction of sp³-hybridized carbons (Fsp3) is 0.0833. The third kappa shape index (κ3) is 2.65. The zero-order valence-corrected chi connectivity index (χ0v) is 11.1. The summed E-state index contributed by atoms with van der Waals surface area (Å²) in [5, 5.41) is 21.7. The maximum atomic E-state index is 8.95. The van der Waals surface area contributed by atoms with Crippen molar-refractivity contribution in [2.75, 3.05) is 0 Å². The summed E-state index contributed by atoms with van der Waals surface area (Å²) in [7, 11) is 0. The molecule has 0 fully saturated rings. The number of aliphatic hydroxyl groups excluding tert-OH is 1. The number of benzene rings is 1. The monoisotopic (exact) mass is 286 g/mol. The molecule has 1 N–H and O–H groups in total. The molecule has 0 atom stereocenters. The Balaban J connectivity index is 1.86. The molecule has 0 aliphatic carbocycles. The first-order valence-corrected chi connectivity index (χ1v) is 6.62. The molecule has 0 amide bonds. The molecule has 0 radical (unpaired) electrons. The maximum Gasteiger partial charge on any atom is 0.221 e. The van der Waals surface area contributed by atoms with Crippen LogP contribution in [0.5, 0.6) is 0 Å². The van der Waals surface area contributed by atoms with E-state index in [-0.39, 0.29) is 6.61 Å². The molecule has 2 aromatic heterocycles. The van der Waals surface area contributed by atoms with Gasteiger partial charge in [0.05, 0.1) is 12.3 Å². The highest BCUT2D eigenvalue weighted by molar-refractivity contribution is 7.99. The number of nitrogens with zero attached hydrogens (tertiary/aromatic N) is 6. The van der Waals surface area contributed by atoms with Crippen molar-refractivity contribution in [2.24, 2.45) is 0 Å². The van der Waals surface area contributed by atoms with Crippen LogP contribution in [0.3, 0.4) is 0 Å². The molecule has 0 aliphatic rings. The number of aliphatic hydroxyl groups is 1. The molecule has 1 aromatic carbocycles. The van der Waals surface area contributed by atoms with E-state index in [0.717, 1.165) is 5.69 Å². The van der Waals surface area contributed by atoms with Gasteiger partial charge in [0, 0.05) is 18.0 Å². The van der Waals surface area contributed by atoms with Crippen LogP contribution in [0.2, 0.25) is 0 Å². The highest BCUT2D eigenvalue weighted by Gasteiger charge is 2.11. The Morgan fingerprint density at radius 2 is 1.85 bits per heavy atom. The van der Waals surface area contributed by atoms with Gasteiger partial charge in [0.1, 0.15) is 0 Å². The van der Waals surface area contributed by atoms with E-state index in [4.69, 9.17) is 5.11 Å². The molecule has 8 heteroatoms. The first-order valence-electron chi connectivity index (χ1n) is 5.80. The minimum Gasteiger partial charge on any atom is -0.392 e. The average Bonchev–Trinajstić information content (AvgIpc) is 2.97. The number of aromatic nitrogens is 6. The van der Waals surface area contributed by atoms with E-state index in [1.54, 1.807) is 17.1 Å². The second-order valence-electron chi connectivity index (χ2n) is 3.84. The van der Waals surface area contributed by atoms with Crippen molar-refractivity contribution in [2.45, 2.75) is 16.9 Å². The van der Waals surface area contributed by atoms with Gasteiger partial charge >= 0.3 is 0 Å². The first-order chi connectivity index (χ1) is 9.86. The Bertz CT molecular complexity index is 685. The zero-order valence-electron chi connectivity index (χ0n) is 10.3. The molecule has 3 rings (SSSR count). The Morgan fingerprint density at radius 1 is 1.10 bits per heavy atom. The smallest absolute Gasteiger partial charge is 0.221 e. The Hall–Kier alpha value is -2.32. The van der Waals surface area contributed by atoms with E-state index >= 15 is 0 Å². The van der Waals surface area contributed by atoms with E-state index in [1.165, 1.54) is 11.8 Å². The van der Waals surface area contributed by atoms with Crippen molar-refractivity contribution in [1.82, 2.24) is 30.2 Å². The van der Waals surface area contributed by atoms with Gasteiger partial charge < -0.3 is 5.11 Å².